The fourth-order valence-corrected chi connectivity index (χ4v) is 5.73. The highest BCUT2D eigenvalue weighted by molar-refractivity contribution is 7.18. The zero-order valence-electron chi connectivity index (χ0n) is 17.9. The summed E-state index contributed by atoms with van der Waals surface area (Å²) < 4.78 is 6.37. The number of ether oxygens (including phenoxy) is 1. The summed E-state index contributed by atoms with van der Waals surface area (Å²) in [5, 5.41) is 1.19. The van der Waals surface area contributed by atoms with Crippen molar-refractivity contribution in [3.8, 4) is 0 Å². The van der Waals surface area contributed by atoms with Crippen LogP contribution in [0, 0.1) is 5.92 Å². The van der Waals surface area contributed by atoms with Gasteiger partial charge in [0, 0.05) is 25.6 Å². The van der Waals surface area contributed by atoms with Crippen molar-refractivity contribution in [1.82, 2.24) is 14.8 Å². The van der Waals surface area contributed by atoms with Crippen molar-refractivity contribution < 1.29 is 14.3 Å². The van der Waals surface area contributed by atoms with Gasteiger partial charge in [0.05, 0.1) is 33.8 Å². The number of thiazole rings is 1. The van der Waals surface area contributed by atoms with Crippen LogP contribution >= 0.6 is 11.3 Å². The largest absolute Gasteiger partial charge is 0.466 e. The molecule has 0 aliphatic carbocycles. The SMILES string of the molecule is CCOC(=O)C1CCN(C(=O)[C@@H](C)N2CCC[C@H](c3nc4ccccc4s3)C2)CC1. The highest BCUT2D eigenvalue weighted by Crippen LogP contribution is 2.33. The number of carbonyl (C=O) groups is 2. The van der Waals surface area contributed by atoms with Crippen LogP contribution in [0.5, 0.6) is 0 Å². The van der Waals surface area contributed by atoms with Crippen LogP contribution in [0.3, 0.4) is 0 Å². The minimum absolute atomic E-state index is 0.0669. The van der Waals surface area contributed by atoms with Crippen LogP contribution in [0.2, 0.25) is 0 Å². The first kappa shape index (κ1) is 21.2. The molecular formula is C23H31N3O3S. The summed E-state index contributed by atoms with van der Waals surface area (Å²) in [6, 6.07) is 8.15. The standard InChI is InChI=1S/C23H31N3O3S/c1-3-29-23(28)17-10-13-25(14-11-17)22(27)16(2)26-12-6-7-18(15-26)21-24-19-8-4-5-9-20(19)30-21/h4-5,8-9,16-18H,3,6-7,10-15H2,1-2H3/t16-,18+/m1/s1. The fraction of sp³-hybridized carbons (Fsp3) is 0.609. The molecule has 7 heteroatoms. The lowest BCUT2D eigenvalue weighted by Crippen LogP contribution is -2.52. The summed E-state index contributed by atoms with van der Waals surface area (Å²) in [6.45, 7) is 7.39. The Morgan fingerprint density at radius 2 is 1.97 bits per heavy atom. The third-order valence-corrected chi connectivity index (χ3v) is 7.64. The van der Waals surface area contributed by atoms with E-state index in [1.807, 2.05) is 24.8 Å². The Labute approximate surface area is 182 Å². The monoisotopic (exact) mass is 429 g/mol. The van der Waals surface area contributed by atoms with Crippen LogP contribution in [0.15, 0.2) is 24.3 Å². The van der Waals surface area contributed by atoms with E-state index in [2.05, 4.69) is 23.1 Å². The zero-order valence-corrected chi connectivity index (χ0v) is 18.7. The van der Waals surface area contributed by atoms with E-state index in [0.717, 1.165) is 31.4 Å². The van der Waals surface area contributed by atoms with E-state index < -0.39 is 0 Å². The van der Waals surface area contributed by atoms with Crippen LogP contribution in [-0.2, 0) is 14.3 Å². The molecule has 0 radical (unpaired) electrons. The van der Waals surface area contributed by atoms with Crippen molar-refractivity contribution in [2.24, 2.45) is 5.92 Å². The van der Waals surface area contributed by atoms with Crippen molar-refractivity contribution in [3.63, 3.8) is 0 Å². The highest BCUT2D eigenvalue weighted by atomic mass is 32.1. The number of rotatable bonds is 5. The van der Waals surface area contributed by atoms with Gasteiger partial charge in [-0.25, -0.2) is 4.98 Å². The first-order valence-electron chi connectivity index (χ1n) is 11.1. The molecule has 2 fully saturated rings. The summed E-state index contributed by atoms with van der Waals surface area (Å²) in [6.07, 6.45) is 3.61. The second-order valence-corrected chi connectivity index (χ2v) is 9.44. The van der Waals surface area contributed by atoms with Crippen LogP contribution in [0.25, 0.3) is 10.2 Å². The lowest BCUT2D eigenvalue weighted by Gasteiger charge is -2.39. The quantitative estimate of drug-likeness (QED) is 0.679. The molecule has 0 unspecified atom stereocenters. The minimum atomic E-state index is -0.138. The number of amides is 1. The van der Waals surface area contributed by atoms with Gasteiger partial charge < -0.3 is 9.64 Å². The first-order chi connectivity index (χ1) is 14.6. The highest BCUT2D eigenvalue weighted by Gasteiger charge is 2.34. The smallest absolute Gasteiger partial charge is 0.309 e. The maximum atomic E-state index is 13.1. The molecule has 162 valence electrons. The molecule has 0 N–H and O–H groups in total. The fourth-order valence-electron chi connectivity index (χ4n) is 4.64. The van der Waals surface area contributed by atoms with Crippen LogP contribution in [0.4, 0.5) is 0 Å². The second kappa shape index (κ2) is 9.43. The number of benzene rings is 1. The van der Waals surface area contributed by atoms with E-state index in [9.17, 15) is 9.59 Å². The van der Waals surface area contributed by atoms with Gasteiger partial charge in [0.1, 0.15) is 0 Å². The van der Waals surface area contributed by atoms with Crippen molar-refractivity contribution in [2.45, 2.75) is 51.5 Å². The number of piperidine rings is 2. The van der Waals surface area contributed by atoms with Crippen LogP contribution in [-0.4, -0.2) is 65.5 Å². The summed E-state index contributed by atoms with van der Waals surface area (Å²) in [5.41, 5.74) is 1.07. The molecule has 0 spiro atoms. The van der Waals surface area contributed by atoms with E-state index in [0.29, 0.717) is 38.5 Å². The summed E-state index contributed by atoms with van der Waals surface area (Å²) in [7, 11) is 0. The Balaban J connectivity index is 1.35. The molecule has 4 rings (SSSR count). The van der Waals surface area contributed by atoms with Gasteiger partial charge in [0.25, 0.3) is 0 Å². The molecule has 1 amide bonds. The normalized spacial score (nSPS) is 22.2. The van der Waals surface area contributed by atoms with Crippen molar-refractivity contribution >= 4 is 33.4 Å². The second-order valence-electron chi connectivity index (χ2n) is 8.38. The Hall–Kier alpha value is -1.99. The number of fused-ring (bicyclic) bond motifs is 1. The minimum Gasteiger partial charge on any atom is -0.466 e. The van der Waals surface area contributed by atoms with Gasteiger partial charge in [-0.15, -0.1) is 11.3 Å². The van der Waals surface area contributed by atoms with E-state index in [1.54, 1.807) is 11.3 Å². The predicted octanol–water partition coefficient (Wildman–Crippen LogP) is 3.67. The number of aromatic nitrogens is 1. The van der Waals surface area contributed by atoms with E-state index in [4.69, 9.17) is 9.72 Å². The molecule has 3 heterocycles. The Bertz CT molecular complexity index is 858. The van der Waals surface area contributed by atoms with Gasteiger partial charge >= 0.3 is 5.97 Å². The van der Waals surface area contributed by atoms with Gasteiger partial charge in [0.15, 0.2) is 0 Å². The molecule has 1 aromatic heterocycles. The number of esters is 1. The van der Waals surface area contributed by atoms with Crippen molar-refractivity contribution in [3.05, 3.63) is 29.3 Å². The van der Waals surface area contributed by atoms with Gasteiger partial charge in [-0.1, -0.05) is 12.1 Å². The van der Waals surface area contributed by atoms with Gasteiger partial charge in [-0.2, -0.15) is 0 Å². The molecular weight excluding hydrogens is 398 g/mol. The summed E-state index contributed by atoms with van der Waals surface area (Å²) >= 11 is 1.78. The maximum Gasteiger partial charge on any atom is 0.309 e. The van der Waals surface area contributed by atoms with Crippen molar-refractivity contribution in [2.75, 3.05) is 32.8 Å². The number of likely N-dealkylation sites (tertiary alicyclic amines) is 2. The summed E-state index contributed by atoms with van der Waals surface area (Å²) in [5.74, 6) is 0.387. The number of nitrogens with zero attached hydrogens (tertiary/aromatic N) is 3. The van der Waals surface area contributed by atoms with E-state index in [1.165, 1.54) is 9.71 Å². The first-order valence-corrected chi connectivity index (χ1v) is 11.9. The molecule has 1 aromatic carbocycles. The number of carbonyl (C=O) groups excluding carboxylic acids is 2. The Morgan fingerprint density at radius 1 is 1.20 bits per heavy atom. The molecule has 2 atom stereocenters. The maximum absolute atomic E-state index is 13.1. The summed E-state index contributed by atoms with van der Waals surface area (Å²) in [4.78, 5) is 34.2. The zero-order chi connectivity index (χ0) is 21.1. The number of hydrogen-bond donors (Lipinski definition) is 0. The van der Waals surface area contributed by atoms with Crippen LogP contribution in [0.1, 0.15) is 50.5 Å². The van der Waals surface area contributed by atoms with E-state index >= 15 is 0 Å². The van der Waals surface area contributed by atoms with Crippen molar-refractivity contribution in [1.29, 1.82) is 0 Å². The number of hydrogen-bond acceptors (Lipinski definition) is 6. The van der Waals surface area contributed by atoms with E-state index in [-0.39, 0.29) is 23.8 Å². The molecule has 0 saturated carbocycles. The Kier molecular flexibility index (Phi) is 6.68. The average molecular weight is 430 g/mol. The number of para-hydroxylation sites is 1. The third-order valence-electron chi connectivity index (χ3n) is 6.44. The van der Waals surface area contributed by atoms with Gasteiger partial charge in [-0.05, 0) is 58.2 Å². The van der Waals surface area contributed by atoms with Gasteiger partial charge in [0.2, 0.25) is 5.91 Å². The Morgan fingerprint density at radius 3 is 2.70 bits per heavy atom. The predicted molar refractivity (Wildman–Crippen MR) is 119 cm³/mol. The molecule has 0 bridgehead atoms. The average Bonchev–Trinajstić information content (AvgIpc) is 3.23. The molecule has 6 nitrogen and oxygen atoms in total. The molecule has 30 heavy (non-hydrogen) atoms. The molecule has 2 saturated heterocycles. The molecule has 2 aromatic rings. The molecule has 2 aliphatic rings. The third kappa shape index (κ3) is 4.52. The van der Waals surface area contributed by atoms with Crippen LogP contribution < -0.4 is 0 Å². The molecule has 2 aliphatic heterocycles. The van der Waals surface area contributed by atoms with Gasteiger partial charge in [-0.3, -0.25) is 14.5 Å². The lowest BCUT2D eigenvalue weighted by atomic mass is 9.95. The lowest BCUT2D eigenvalue weighted by molar-refractivity contribution is -0.152. The topological polar surface area (TPSA) is 62.7 Å².